The van der Waals surface area contributed by atoms with E-state index in [9.17, 15) is 9.59 Å². The quantitative estimate of drug-likeness (QED) is 0.453. The Labute approximate surface area is 128 Å². The summed E-state index contributed by atoms with van der Waals surface area (Å²) in [4.78, 5) is 23.6. The molecule has 116 valence electrons. The van der Waals surface area contributed by atoms with Gasteiger partial charge in [-0.3, -0.25) is 0 Å². The van der Waals surface area contributed by atoms with Crippen LogP contribution in [-0.4, -0.2) is 38.9 Å². The maximum Gasteiger partial charge on any atom is 0.349 e. The van der Waals surface area contributed by atoms with Gasteiger partial charge in [-0.25, -0.2) is 9.59 Å². The first-order chi connectivity index (χ1) is 10.5. The second kappa shape index (κ2) is 8.60. The van der Waals surface area contributed by atoms with Crippen LogP contribution >= 0.6 is 0 Å². The number of nitrogens with zero attached hydrogens (tertiary/aromatic N) is 1. The van der Waals surface area contributed by atoms with E-state index in [0.29, 0.717) is 5.56 Å². The predicted octanol–water partition coefficient (Wildman–Crippen LogP) is 1.96. The zero-order chi connectivity index (χ0) is 16.5. The normalized spacial score (nSPS) is 12.2. The van der Waals surface area contributed by atoms with Gasteiger partial charge in [0.2, 0.25) is 0 Å². The molecule has 0 spiro atoms. The van der Waals surface area contributed by atoms with Crippen LogP contribution in [0.3, 0.4) is 0 Å². The first kappa shape index (κ1) is 17.4. The van der Waals surface area contributed by atoms with Gasteiger partial charge in [-0.1, -0.05) is 18.2 Å². The number of carbonyl (C=O) groups excluding carboxylic acids is 2. The molecule has 0 saturated carbocycles. The van der Waals surface area contributed by atoms with Crippen molar-refractivity contribution in [2.24, 2.45) is 0 Å². The average Bonchev–Trinajstić information content (AvgIpc) is 2.52. The fourth-order valence-corrected chi connectivity index (χ4v) is 1.73. The number of nitriles is 1. The van der Waals surface area contributed by atoms with Gasteiger partial charge in [0, 0.05) is 7.11 Å². The van der Waals surface area contributed by atoms with Gasteiger partial charge in [0.25, 0.3) is 0 Å². The molecule has 6 heteroatoms. The minimum Gasteiger partial charge on any atom is -0.465 e. The highest BCUT2D eigenvalue weighted by molar-refractivity contribution is 6.01. The number of hydrogen-bond acceptors (Lipinski definition) is 6. The molecule has 0 amide bonds. The van der Waals surface area contributed by atoms with Gasteiger partial charge >= 0.3 is 11.9 Å². The van der Waals surface area contributed by atoms with Gasteiger partial charge in [0.05, 0.1) is 19.3 Å². The Balaban J connectivity index is 3.06. The van der Waals surface area contributed by atoms with E-state index in [1.807, 2.05) is 0 Å². The molecule has 0 saturated heterocycles. The molecule has 0 unspecified atom stereocenters. The van der Waals surface area contributed by atoms with Crippen LogP contribution in [0.2, 0.25) is 0 Å². The van der Waals surface area contributed by atoms with Gasteiger partial charge in [0.1, 0.15) is 17.7 Å². The number of carbonyl (C=O) groups is 2. The van der Waals surface area contributed by atoms with Crippen molar-refractivity contribution in [1.82, 2.24) is 0 Å². The van der Waals surface area contributed by atoms with Gasteiger partial charge < -0.3 is 14.2 Å². The highest BCUT2D eigenvalue weighted by Gasteiger charge is 2.17. The highest BCUT2D eigenvalue weighted by Crippen LogP contribution is 2.15. The van der Waals surface area contributed by atoms with Crippen molar-refractivity contribution in [2.75, 3.05) is 20.8 Å². The summed E-state index contributed by atoms with van der Waals surface area (Å²) >= 11 is 0. The largest absolute Gasteiger partial charge is 0.465 e. The lowest BCUT2D eigenvalue weighted by molar-refractivity contribution is -0.145. The first-order valence-electron chi connectivity index (χ1n) is 6.52. The van der Waals surface area contributed by atoms with Crippen LogP contribution in [0.5, 0.6) is 0 Å². The van der Waals surface area contributed by atoms with Crippen molar-refractivity contribution in [1.29, 1.82) is 5.26 Å². The fourth-order valence-electron chi connectivity index (χ4n) is 1.73. The number of rotatable bonds is 6. The zero-order valence-electron chi connectivity index (χ0n) is 12.7. The maximum absolute atomic E-state index is 11.9. The van der Waals surface area contributed by atoms with Crippen molar-refractivity contribution >= 4 is 18.0 Å². The number of esters is 2. The lowest BCUT2D eigenvalue weighted by Crippen LogP contribution is -2.20. The summed E-state index contributed by atoms with van der Waals surface area (Å²) in [7, 11) is 2.74. The molecule has 0 aliphatic carbocycles. The van der Waals surface area contributed by atoms with Crippen molar-refractivity contribution in [3.8, 4) is 6.07 Å². The molecule has 0 fully saturated rings. The van der Waals surface area contributed by atoms with Crippen LogP contribution in [0.4, 0.5) is 0 Å². The molecule has 0 heterocycles. The summed E-state index contributed by atoms with van der Waals surface area (Å²) in [5.41, 5.74) is 0.456. The Morgan fingerprint density at radius 3 is 2.59 bits per heavy atom. The molecule has 0 bridgehead atoms. The van der Waals surface area contributed by atoms with Gasteiger partial charge in [-0.15, -0.1) is 0 Å². The Morgan fingerprint density at radius 2 is 2.00 bits per heavy atom. The molecule has 1 atom stereocenters. The first-order valence-corrected chi connectivity index (χ1v) is 6.52. The summed E-state index contributed by atoms with van der Waals surface area (Å²) in [5, 5.41) is 9.12. The molecule has 0 aromatic heterocycles. The van der Waals surface area contributed by atoms with Crippen LogP contribution in [0.1, 0.15) is 22.8 Å². The van der Waals surface area contributed by atoms with E-state index in [0.717, 1.165) is 0 Å². The average molecular weight is 303 g/mol. The number of hydrogen-bond donors (Lipinski definition) is 0. The lowest BCUT2D eigenvalue weighted by Gasteiger charge is -2.11. The minimum absolute atomic E-state index is 0.209. The molecule has 0 N–H and O–H groups in total. The van der Waals surface area contributed by atoms with Crippen molar-refractivity contribution in [3.63, 3.8) is 0 Å². The molecule has 1 aromatic rings. The van der Waals surface area contributed by atoms with Gasteiger partial charge in [0.15, 0.2) is 0 Å². The third-order valence-electron chi connectivity index (χ3n) is 2.72. The van der Waals surface area contributed by atoms with E-state index in [-0.39, 0.29) is 17.7 Å². The maximum atomic E-state index is 11.9. The predicted molar refractivity (Wildman–Crippen MR) is 78.8 cm³/mol. The van der Waals surface area contributed by atoms with Crippen molar-refractivity contribution in [3.05, 3.63) is 41.0 Å². The molecule has 1 aromatic carbocycles. The molecule has 0 aliphatic rings. The van der Waals surface area contributed by atoms with Crippen LogP contribution in [0.15, 0.2) is 29.8 Å². The Bertz CT molecular complexity index is 615. The van der Waals surface area contributed by atoms with E-state index in [1.165, 1.54) is 20.3 Å². The topological polar surface area (TPSA) is 85.6 Å². The van der Waals surface area contributed by atoms with Crippen LogP contribution in [-0.2, 0) is 19.0 Å². The molecule has 22 heavy (non-hydrogen) atoms. The second-order valence-electron chi connectivity index (χ2n) is 4.42. The Morgan fingerprint density at radius 1 is 1.32 bits per heavy atom. The summed E-state index contributed by atoms with van der Waals surface area (Å²) in [6.07, 6.45) is 0.818. The molecule has 0 aliphatic heterocycles. The van der Waals surface area contributed by atoms with E-state index in [2.05, 4.69) is 4.74 Å². The number of methoxy groups -OCH3 is 2. The molecule has 0 radical (unpaired) electrons. The number of ether oxygens (including phenoxy) is 3. The molecular formula is C16H17NO5. The molecule has 6 nitrogen and oxygen atoms in total. The lowest BCUT2D eigenvalue weighted by atomic mass is 10.0. The monoisotopic (exact) mass is 303 g/mol. The Kier molecular flexibility index (Phi) is 6.80. The summed E-state index contributed by atoms with van der Waals surface area (Å²) in [6, 6.07) is 8.28. The SMILES string of the molecule is COC[C@H](C)OC(=O)/C(C#N)=C/c1ccccc1C(=O)OC. The molecular weight excluding hydrogens is 286 g/mol. The van der Waals surface area contributed by atoms with Crippen LogP contribution < -0.4 is 0 Å². The summed E-state index contributed by atoms with van der Waals surface area (Å²) < 4.78 is 14.6. The van der Waals surface area contributed by atoms with Gasteiger partial charge in [-0.05, 0) is 24.6 Å². The summed E-state index contributed by atoms with van der Waals surface area (Å²) in [6.45, 7) is 1.88. The Hall–Kier alpha value is -2.65. The van der Waals surface area contributed by atoms with Gasteiger partial charge in [-0.2, -0.15) is 5.26 Å². The summed E-state index contributed by atoms with van der Waals surface area (Å²) in [5.74, 6) is -1.32. The second-order valence-corrected chi connectivity index (χ2v) is 4.42. The van der Waals surface area contributed by atoms with Crippen LogP contribution in [0.25, 0.3) is 6.08 Å². The van der Waals surface area contributed by atoms with Crippen molar-refractivity contribution in [2.45, 2.75) is 13.0 Å². The van der Waals surface area contributed by atoms with Crippen molar-refractivity contribution < 1.29 is 23.8 Å². The fraction of sp³-hybridized carbons (Fsp3) is 0.312. The van der Waals surface area contributed by atoms with E-state index >= 15 is 0 Å². The standard InChI is InChI=1S/C16H17NO5/c1-11(10-20-2)22-15(18)13(9-17)8-12-6-4-5-7-14(12)16(19)21-3/h4-8,11H,10H2,1-3H3/b13-8+/t11-/m0/s1. The van der Waals surface area contributed by atoms with E-state index < -0.39 is 18.0 Å². The zero-order valence-corrected chi connectivity index (χ0v) is 12.7. The third-order valence-corrected chi connectivity index (χ3v) is 2.72. The van der Waals surface area contributed by atoms with E-state index in [1.54, 1.807) is 37.3 Å². The van der Waals surface area contributed by atoms with Crippen LogP contribution in [0, 0.1) is 11.3 Å². The number of benzene rings is 1. The minimum atomic E-state index is -0.772. The highest BCUT2D eigenvalue weighted by atomic mass is 16.6. The molecule has 1 rings (SSSR count). The smallest absolute Gasteiger partial charge is 0.349 e. The third kappa shape index (κ3) is 4.72. The van der Waals surface area contributed by atoms with E-state index in [4.69, 9.17) is 14.7 Å².